The molecule has 5 rings (SSSR count). The van der Waals surface area contributed by atoms with Gasteiger partial charge in [0, 0.05) is 37.2 Å². The number of hydrogen-bond donors (Lipinski definition) is 1. The minimum Gasteiger partial charge on any atom is -0.478 e. The zero-order chi connectivity index (χ0) is 26.1. The molecule has 3 heterocycles. The number of carboxylic acids is 1. The van der Waals surface area contributed by atoms with Gasteiger partial charge in [-0.25, -0.2) is 9.79 Å². The highest BCUT2D eigenvalue weighted by Crippen LogP contribution is 2.35. The lowest BCUT2D eigenvalue weighted by Crippen LogP contribution is -2.36. The van der Waals surface area contributed by atoms with Crippen LogP contribution in [0.5, 0.6) is 0 Å². The number of amides is 1. The highest BCUT2D eigenvalue weighted by molar-refractivity contribution is 8.18. The molecule has 0 bridgehead atoms. The van der Waals surface area contributed by atoms with Crippen LogP contribution in [0.15, 0.2) is 64.5 Å². The Kier molecular flexibility index (Phi) is 6.90. The van der Waals surface area contributed by atoms with E-state index in [1.807, 2.05) is 60.9 Å². The van der Waals surface area contributed by atoms with E-state index in [1.54, 1.807) is 30.1 Å². The number of aromatic carboxylic acids is 1. The quantitative estimate of drug-likeness (QED) is 0.487. The van der Waals surface area contributed by atoms with E-state index in [9.17, 15) is 14.7 Å². The topological polar surface area (TPSA) is 87.4 Å². The molecule has 1 N–H and O–H groups in total. The van der Waals surface area contributed by atoms with Gasteiger partial charge in [-0.1, -0.05) is 12.1 Å². The average Bonchev–Trinajstić information content (AvgIpc) is 3.33. The van der Waals surface area contributed by atoms with Crippen molar-refractivity contribution in [3.63, 3.8) is 0 Å². The molecule has 2 saturated heterocycles. The predicted octanol–water partition coefficient (Wildman–Crippen LogP) is 4.86. The molecule has 0 atom stereocenters. The first kappa shape index (κ1) is 24.9. The molecule has 1 aromatic heterocycles. The Morgan fingerprint density at radius 3 is 2.49 bits per heavy atom. The van der Waals surface area contributed by atoms with Gasteiger partial charge < -0.3 is 19.3 Å². The summed E-state index contributed by atoms with van der Waals surface area (Å²) in [6.07, 6.45) is 1.86. The molecule has 37 heavy (non-hydrogen) atoms. The number of carbonyl (C=O) groups is 2. The van der Waals surface area contributed by atoms with E-state index in [4.69, 9.17) is 9.73 Å². The molecule has 0 spiro atoms. The van der Waals surface area contributed by atoms with Gasteiger partial charge in [0.05, 0.1) is 35.1 Å². The smallest absolute Gasteiger partial charge is 0.337 e. The first-order valence-corrected chi connectivity index (χ1v) is 12.9. The number of carboxylic acid groups (broad SMARTS) is 1. The maximum absolute atomic E-state index is 13.0. The van der Waals surface area contributed by atoms with Crippen molar-refractivity contribution in [2.75, 3.05) is 38.3 Å². The number of aryl methyl sites for hydroxylation is 1. The third kappa shape index (κ3) is 4.92. The largest absolute Gasteiger partial charge is 0.478 e. The molecule has 0 unspecified atom stereocenters. The van der Waals surface area contributed by atoms with Gasteiger partial charge >= 0.3 is 5.97 Å². The van der Waals surface area contributed by atoms with Gasteiger partial charge in [0.1, 0.15) is 0 Å². The fraction of sp³-hybridized carbons (Fsp3) is 0.250. The van der Waals surface area contributed by atoms with Crippen LogP contribution in [0.2, 0.25) is 0 Å². The number of thioether (sulfide) groups is 1. The molecular formula is C28H28N4O4S. The van der Waals surface area contributed by atoms with Crippen molar-refractivity contribution in [2.45, 2.75) is 13.8 Å². The van der Waals surface area contributed by atoms with Crippen LogP contribution < -0.4 is 4.90 Å². The van der Waals surface area contributed by atoms with Gasteiger partial charge in [-0.2, -0.15) is 0 Å². The summed E-state index contributed by atoms with van der Waals surface area (Å²) in [6.45, 7) is 7.07. The van der Waals surface area contributed by atoms with Crippen LogP contribution in [0.1, 0.15) is 27.3 Å². The molecule has 2 fully saturated rings. The molecule has 2 aromatic carbocycles. The van der Waals surface area contributed by atoms with E-state index < -0.39 is 5.97 Å². The lowest BCUT2D eigenvalue weighted by Gasteiger charge is -2.28. The lowest BCUT2D eigenvalue weighted by atomic mass is 10.1. The molecule has 0 saturated carbocycles. The van der Waals surface area contributed by atoms with Crippen LogP contribution >= 0.6 is 11.8 Å². The standard InChI is InChI=1S/C28H28N4O4S/c1-18-16-20(19(2)32(18)24-7-5-4-6-23(24)27(34)35)17-25-26(33)30(3)28(37-25)29-21-8-10-22(11-9-21)31-12-14-36-15-13-31/h4-11,16-17H,12-15H2,1-3H3,(H,34,35)/b25-17-,29-28?. The Labute approximate surface area is 219 Å². The van der Waals surface area contributed by atoms with Crippen LogP contribution in [0.3, 0.4) is 0 Å². The molecule has 8 nitrogen and oxygen atoms in total. The summed E-state index contributed by atoms with van der Waals surface area (Å²) in [7, 11) is 1.73. The number of rotatable bonds is 5. The van der Waals surface area contributed by atoms with Crippen LogP contribution in [0.4, 0.5) is 11.4 Å². The number of benzene rings is 2. The number of likely N-dealkylation sites (N-methyl/N-ethyl adjacent to an activating group) is 1. The van der Waals surface area contributed by atoms with Crippen molar-refractivity contribution >= 4 is 46.3 Å². The number of morpholine rings is 1. The van der Waals surface area contributed by atoms with Crippen molar-refractivity contribution in [3.8, 4) is 5.69 Å². The van der Waals surface area contributed by atoms with Crippen molar-refractivity contribution in [1.82, 2.24) is 9.47 Å². The van der Waals surface area contributed by atoms with Crippen molar-refractivity contribution in [1.29, 1.82) is 0 Å². The van der Waals surface area contributed by atoms with Crippen molar-refractivity contribution in [3.05, 3.63) is 82.0 Å². The maximum atomic E-state index is 13.0. The Balaban J connectivity index is 1.41. The predicted molar refractivity (Wildman–Crippen MR) is 147 cm³/mol. The zero-order valence-corrected chi connectivity index (χ0v) is 21.8. The number of aliphatic imine (C=N–C) groups is 1. The second kappa shape index (κ2) is 10.3. The monoisotopic (exact) mass is 516 g/mol. The van der Waals surface area contributed by atoms with Crippen LogP contribution in [-0.4, -0.2) is 65.0 Å². The molecular weight excluding hydrogens is 488 g/mol. The van der Waals surface area contributed by atoms with Crippen molar-refractivity contribution < 1.29 is 19.4 Å². The maximum Gasteiger partial charge on any atom is 0.337 e. The summed E-state index contributed by atoms with van der Waals surface area (Å²) < 4.78 is 7.34. The second-order valence-corrected chi connectivity index (χ2v) is 9.98. The summed E-state index contributed by atoms with van der Waals surface area (Å²) >= 11 is 1.33. The van der Waals surface area contributed by atoms with Gasteiger partial charge in [0.15, 0.2) is 5.17 Å². The van der Waals surface area contributed by atoms with E-state index in [1.165, 1.54) is 11.8 Å². The number of ether oxygens (including phenoxy) is 1. The highest BCUT2D eigenvalue weighted by atomic mass is 32.2. The summed E-state index contributed by atoms with van der Waals surface area (Å²) in [5, 5.41) is 10.3. The minimum atomic E-state index is -0.981. The summed E-state index contributed by atoms with van der Waals surface area (Å²) in [5.41, 5.74) is 5.34. The fourth-order valence-corrected chi connectivity index (χ4v) is 5.59. The van der Waals surface area contributed by atoms with Gasteiger partial charge in [0.25, 0.3) is 5.91 Å². The van der Waals surface area contributed by atoms with Gasteiger partial charge in [-0.3, -0.25) is 9.69 Å². The average molecular weight is 517 g/mol. The first-order chi connectivity index (χ1) is 17.8. The van der Waals surface area contributed by atoms with E-state index in [0.29, 0.717) is 15.8 Å². The van der Waals surface area contributed by atoms with Crippen LogP contribution in [-0.2, 0) is 9.53 Å². The Morgan fingerprint density at radius 1 is 1.08 bits per heavy atom. The van der Waals surface area contributed by atoms with Crippen molar-refractivity contribution in [2.24, 2.45) is 4.99 Å². The number of hydrogen-bond acceptors (Lipinski definition) is 6. The number of nitrogens with zero attached hydrogens (tertiary/aromatic N) is 4. The van der Waals surface area contributed by atoms with Gasteiger partial charge in [-0.15, -0.1) is 0 Å². The van der Waals surface area contributed by atoms with Gasteiger partial charge in [-0.05, 0) is 79.7 Å². The Morgan fingerprint density at radius 2 is 1.78 bits per heavy atom. The molecule has 0 radical (unpaired) electrons. The summed E-state index contributed by atoms with van der Waals surface area (Å²) in [5.74, 6) is -1.10. The molecule has 1 amide bonds. The zero-order valence-electron chi connectivity index (χ0n) is 21.0. The van der Waals surface area contributed by atoms with E-state index in [-0.39, 0.29) is 11.5 Å². The number of amidine groups is 1. The second-order valence-electron chi connectivity index (χ2n) is 8.97. The molecule has 190 valence electrons. The van der Waals surface area contributed by atoms with Gasteiger partial charge in [0.2, 0.25) is 0 Å². The lowest BCUT2D eigenvalue weighted by molar-refractivity contribution is -0.121. The highest BCUT2D eigenvalue weighted by Gasteiger charge is 2.31. The van der Waals surface area contributed by atoms with E-state index >= 15 is 0 Å². The minimum absolute atomic E-state index is 0.121. The fourth-order valence-electron chi connectivity index (χ4n) is 4.62. The first-order valence-electron chi connectivity index (χ1n) is 12.0. The summed E-state index contributed by atoms with van der Waals surface area (Å²) in [4.78, 5) is 33.9. The van der Waals surface area contributed by atoms with E-state index in [2.05, 4.69) is 4.90 Å². The Hall–Kier alpha value is -3.82. The third-order valence-corrected chi connectivity index (χ3v) is 7.65. The number of carbonyl (C=O) groups excluding carboxylic acids is 1. The molecule has 3 aromatic rings. The van der Waals surface area contributed by atoms with E-state index in [0.717, 1.165) is 54.6 Å². The van der Waals surface area contributed by atoms with Crippen LogP contribution in [0, 0.1) is 13.8 Å². The third-order valence-electron chi connectivity index (χ3n) is 6.59. The Bertz CT molecular complexity index is 1420. The summed E-state index contributed by atoms with van der Waals surface area (Å²) in [6, 6.07) is 16.9. The molecule has 2 aliphatic heterocycles. The molecule has 0 aliphatic carbocycles. The molecule has 2 aliphatic rings. The number of para-hydroxylation sites is 1. The number of anilines is 1. The molecule has 9 heteroatoms. The van der Waals surface area contributed by atoms with Crippen LogP contribution in [0.25, 0.3) is 11.8 Å². The normalized spacial score (nSPS) is 18.3. The SMILES string of the molecule is Cc1cc(/C=C2\SC(=Nc3ccc(N4CCOCC4)cc3)N(C)C2=O)c(C)n1-c1ccccc1C(=O)O. The number of aromatic nitrogens is 1.